The number of nitrogens with two attached hydrogens (primary N) is 1. The summed E-state index contributed by atoms with van der Waals surface area (Å²) in [5.41, 5.74) is 9.05. The van der Waals surface area contributed by atoms with E-state index in [1.165, 1.54) is 12.1 Å². The van der Waals surface area contributed by atoms with Gasteiger partial charge >= 0.3 is 0 Å². The number of aromatic nitrogens is 2. The van der Waals surface area contributed by atoms with E-state index in [1.54, 1.807) is 65.6 Å². The van der Waals surface area contributed by atoms with Crippen molar-refractivity contribution in [2.24, 2.45) is 0 Å². The molecule has 0 aliphatic carbocycles. The van der Waals surface area contributed by atoms with Crippen LogP contribution in [-0.4, -0.2) is 30.1 Å². The van der Waals surface area contributed by atoms with Crippen LogP contribution in [0.15, 0.2) is 83.8 Å². The number of carbonyl (C=O) groups excluding carboxylic acids is 1. The minimum absolute atomic E-state index is 0.0357. The molecule has 12 heteroatoms. The maximum atomic E-state index is 13.3. The first kappa shape index (κ1) is 28.6. The molecule has 0 radical (unpaired) electrons. The maximum Gasteiger partial charge on any atom is 0.283 e. The molecule has 1 aliphatic rings. The Labute approximate surface area is 257 Å². The molecule has 4 aromatic carbocycles. The zero-order chi connectivity index (χ0) is 30.5. The van der Waals surface area contributed by atoms with E-state index in [2.05, 4.69) is 9.94 Å². The monoisotopic (exact) mass is 631 g/mol. The van der Waals surface area contributed by atoms with Crippen molar-refractivity contribution in [2.45, 2.75) is 24.2 Å². The zero-order valence-electron chi connectivity index (χ0n) is 22.7. The van der Waals surface area contributed by atoms with Crippen LogP contribution in [0, 0.1) is 13.5 Å². The molecule has 1 aliphatic heterocycles. The second-order valence-corrected chi connectivity index (χ2v) is 12.7. The minimum Gasteiger partial charge on any atom is -0.465 e. The Morgan fingerprint density at radius 2 is 1.79 bits per heavy atom. The van der Waals surface area contributed by atoms with Crippen LogP contribution in [0.2, 0.25) is 10.0 Å². The molecule has 6 rings (SSSR count). The van der Waals surface area contributed by atoms with E-state index < -0.39 is 10.0 Å². The van der Waals surface area contributed by atoms with Crippen molar-refractivity contribution < 1.29 is 17.9 Å². The number of para-hydroxylation sites is 1. The van der Waals surface area contributed by atoms with E-state index in [4.69, 9.17) is 40.2 Å². The van der Waals surface area contributed by atoms with Crippen LogP contribution < -0.4 is 15.4 Å². The van der Waals surface area contributed by atoms with E-state index in [-0.39, 0.29) is 45.4 Å². The van der Waals surface area contributed by atoms with Crippen LogP contribution in [0.4, 0.5) is 17.2 Å². The van der Waals surface area contributed by atoms with E-state index in [1.807, 2.05) is 13.0 Å². The number of hydrogen-bond acceptors (Lipinski definition) is 6. The Bertz CT molecular complexity index is 2070. The molecule has 2 N–H and O–H groups in total. The summed E-state index contributed by atoms with van der Waals surface area (Å²) in [6.07, 6.45) is 0.231. The third kappa shape index (κ3) is 5.16. The Balaban J connectivity index is 1.28. The van der Waals surface area contributed by atoms with Crippen molar-refractivity contribution in [3.05, 3.63) is 111 Å². The Kier molecular flexibility index (Phi) is 7.26. The fourth-order valence-electron chi connectivity index (χ4n) is 5.09. The first-order valence-electron chi connectivity index (χ1n) is 13.1. The second-order valence-electron chi connectivity index (χ2n) is 10.1. The molecule has 0 saturated carbocycles. The number of halogens is 2. The molecule has 1 amide bonds. The van der Waals surface area contributed by atoms with Gasteiger partial charge < -0.3 is 15.4 Å². The van der Waals surface area contributed by atoms with E-state index in [0.717, 1.165) is 15.2 Å². The highest BCUT2D eigenvalue weighted by atomic mass is 35.5. The lowest BCUT2D eigenvalue weighted by Gasteiger charge is -2.18. The van der Waals surface area contributed by atoms with Gasteiger partial charge in [0.15, 0.2) is 11.6 Å². The molecule has 0 unspecified atom stereocenters. The Morgan fingerprint density at radius 1 is 1.02 bits per heavy atom. The average molecular weight is 633 g/mol. The fourth-order valence-corrected chi connectivity index (χ4v) is 6.75. The summed E-state index contributed by atoms with van der Waals surface area (Å²) in [5, 5.41) is 5.16. The summed E-state index contributed by atoms with van der Waals surface area (Å²) in [6, 6.07) is 21.6. The lowest BCUT2D eigenvalue weighted by atomic mass is 9.98. The van der Waals surface area contributed by atoms with Gasteiger partial charge in [-0.1, -0.05) is 59.1 Å². The molecule has 1 saturated heterocycles. The van der Waals surface area contributed by atoms with Crippen LogP contribution in [-0.2, 0) is 14.8 Å². The summed E-state index contributed by atoms with van der Waals surface area (Å²) in [4.78, 5) is 18.4. The van der Waals surface area contributed by atoms with Gasteiger partial charge in [0.1, 0.15) is 5.75 Å². The number of benzene rings is 4. The molecule has 43 heavy (non-hydrogen) atoms. The lowest BCUT2D eigenvalue weighted by molar-refractivity contribution is -0.117. The summed E-state index contributed by atoms with van der Waals surface area (Å²) < 4.78 is 33.6. The van der Waals surface area contributed by atoms with Crippen molar-refractivity contribution in [2.75, 3.05) is 17.2 Å². The molecular weight excluding hydrogens is 609 g/mol. The number of fused-ring (bicyclic) bond motifs is 1. The predicted octanol–water partition coefficient (Wildman–Crippen LogP) is 7.33. The molecule has 2 heterocycles. The molecule has 216 valence electrons. The number of ether oxygens (including phenoxy) is 1. The predicted molar refractivity (Wildman–Crippen MR) is 167 cm³/mol. The number of aryl methyl sites for hydroxylation is 1. The number of amides is 1. The van der Waals surface area contributed by atoms with Gasteiger partial charge in [-0.3, -0.25) is 4.79 Å². The molecule has 0 bridgehead atoms. The van der Waals surface area contributed by atoms with Gasteiger partial charge in [0.2, 0.25) is 11.6 Å². The summed E-state index contributed by atoms with van der Waals surface area (Å²) in [7, 11) is -3.99. The molecule has 5 aromatic rings. The first-order valence-corrected chi connectivity index (χ1v) is 15.3. The van der Waals surface area contributed by atoms with Gasteiger partial charge in [-0.15, -0.1) is 5.10 Å². The third-order valence-corrected chi connectivity index (χ3v) is 9.56. The third-order valence-electron chi connectivity index (χ3n) is 7.35. The van der Waals surface area contributed by atoms with Crippen LogP contribution in [0.5, 0.6) is 11.5 Å². The molecular formula is C31H23Cl2N5O4S. The smallest absolute Gasteiger partial charge is 0.283 e. The summed E-state index contributed by atoms with van der Waals surface area (Å²) in [6.45, 7) is 9.65. The lowest BCUT2D eigenvalue weighted by Crippen LogP contribution is -2.24. The van der Waals surface area contributed by atoms with E-state index in [9.17, 15) is 13.2 Å². The number of hydrogen-bond donors (Lipinski definition) is 1. The highest BCUT2D eigenvalue weighted by molar-refractivity contribution is 7.90. The van der Waals surface area contributed by atoms with Crippen LogP contribution in [0.25, 0.3) is 15.7 Å². The Hall–Kier alpha value is -4.56. The number of nitrogens with zero attached hydrogens (tertiary/aromatic N) is 4. The van der Waals surface area contributed by atoms with Gasteiger partial charge in [0, 0.05) is 30.0 Å². The number of nitrogen functional groups attached to an aromatic ring is 1. The second kappa shape index (κ2) is 10.9. The number of anilines is 2. The van der Waals surface area contributed by atoms with Crippen molar-refractivity contribution in [3.8, 4) is 11.5 Å². The highest BCUT2D eigenvalue weighted by Gasteiger charge is 2.33. The zero-order valence-corrected chi connectivity index (χ0v) is 25.0. The fraction of sp³-hybridized carbons (Fsp3) is 0.129. The molecule has 9 nitrogen and oxygen atoms in total. The van der Waals surface area contributed by atoms with Crippen LogP contribution >= 0.6 is 23.2 Å². The first-order chi connectivity index (χ1) is 20.6. The van der Waals surface area contributed by atoms with Gasteiger partial charge in [-0.25, -0.2) is 4.85 Å². The standard InChI is InChI=1S/C31H23Cl2N5O4S/c1-18-6-10-22(11-7-18)43(40,41)38-27-13-9-21(16-23(27)31(34)36-38)37-17-20(15-29(37)39)19-8-12-24(32)28(14-19)42-30-25(33)4-3-5-26(30)35-2/h3-14,16,20H,15,17H2,1H3,(H2,34,36)/t20-/m0/s1. The van der Waals surface area contributed by atoms with Gasteiger partial charge in [-0.05, 0) is 61.0 Å². The summed E-state index contributed by atoms with van der Waals surface area (Å²) in [5.74, 6) is 0.268. The van der Waals surface area contributed by atoms with Gasteiger partial charge in [0.05, 0.1) is 27.0 Å². The topological polar surface area (TPSA) is 112 Å². The number of carbonyl (C=O) groups is 1. The van der Waals surface area contributed by atoms with Gasteiger partial charge in [0.25, 0.3) is 10.0 Å². The number of rotatable bonds is 6. The molecule has 1 fully saturated rings. The SMILES string of the molecule is [C-]#[N+]c1cccc(Cl)c1Oc1cc([C@H]2CC(=O)N(c3ccc4c(c3)c(N)nn4S(=O)(=O)c3ccc(C)cc3)C2)ccc1Cl. The Morgan fingerprint density at radius 3 is 2.53 bits per heavy atom. The highest BCUT2D eigenvalue weighted by Crippen LogP contribution is 2.42. The van der Waals surface area contributed by atoms with E-state index in [0.29, 0.717) is 33.9 Å². The molecule has 1 atom stereocenters. The largest absolute Gasteiger partial charge is 0.465 e. The van der Waals surface area contributed by atoms with E-state index >= 15 is 0 Å². The van der Waals surface area contributed by atoms with Crippen molar-refractivity contribution in [1.82, 2.24) is 9.19 Å². The van der Waals surface area contributed by atoms with Crippen molar-refractivity contribution in [3.63, 3.8) is 0 Å². The quantitative estimate of drug-likeness (QED) is 0.196. The van der Waals surface area contributed by atoms with Crippen LogP contribution in [0.3, 0.4) is 0 Å². The van der Waals surface area contributed by atoms with Crippen LogP contribution in [0.1, 0.15) is 23.5 Å². The summed E-state index contributed by atoms with van der Waals surface area (Å²) >= 11 is 12.7. The van der Waals surface area contributed by atoms with Gasteiger partial charge in [-0.2, -0.15) is 12.5 Å². The average Bonchev–Trinajstić information content (AvgIpc) is 3.55. The maximum absolute atomic E-state index is 13.3. The normalized spacial score (nSPS) is 15.2. The van der Waals surface area contributed by atoms with Crippen molar-refractivity contribution in [1.29, 1.82) is 0 Å². The minimum atomic E-state index is -3.99. The molecule has 1 aromatic heterocycles. The van der Waals surface area contributed by atoms with Crippen molar-refractivity contribution >= 4 is 67.2 Å². The molecule has 0 spiro atoms.